The van der Waals surface area contributed by atoms with Gasteiger partial charge in [-0.3, -0.25) is 9.59 Å². The monoisotopic (exact) mass is 463 g/mol. The summed E-state index contributed by atoms with van der Waals surface area (Å²) in [5.74, 6) is 0.154. The van der Waals surface area contributed by atoms with Crippen LogP contribution in [0.25, 0.3) is 11.0 Å². The minimum absolute atomic E-state index is 0.153. The summed E-state index contributed by atoms with van der Waals surface area (Å²) in [5, 5.41) is 3.95. The Bertz CT molecular complexity index is 1230. The van der Waals surface area contributed by atoms with Crippen LogP contribution < -0.4 is 14.8 Å². The summed E-state index contributed by atoms with van der Waals surface area (Å²) in [6.07, 6.45) is 4.45. The van der Waals surface area contributed by atoms with Crippen molar-refractivity contribution in [3.63, 3.8) is 0 Å². The smallest absolute Gasteiger partial charge is 0.314 e. The van der Waals surface area contributed by atoms with Gasteiger partial charge in [0.1, 0.15) is 5.58 Å². The number of furan rings is 1. The Morgan fingerprint density at radius 2 is 1.85 bits per heavy atom. The normalized spacial score (nSPS) is 18.0. The first kappa shape index (κ1) is 23.4. The van der Waals surface area contributed by atoms with Crippen molar-refractivity contribution in [2.45, 2.75) is 32.2 Å². The Labute approximate surface area is 198 Å². The number of ether oxygens (including phenoxy) is 3. The summed E-state index contributed by atoms with van der Waals surface area (Å²) in [5.41, 5.74) is 2.26. The Balaban J connectivity index is 1.53. The average molecular weight is 464 g/mol. The summed E-state index contributed by atoms with van der Waals surface area (Å²) in [6.45, 7) is 3.94. The van der Waals surface area contributed by atoms with Gasteiger partial charge in [0.05, 0.1) is 26.7 Å². The van der Waals surface area contributed by atoms with E-state index in [1.165, 1.54) is 0 Å². The second kappa shape index (κ2) is 10.0. The van der Waals surface area contributed by atoms with E-state index in [9.17, 15) is 9.59 Å². The third-order valence-electron chi connectivity index (χ3n) is 6.22. The highest BCUT2D eigenvalue weighted by Gasteiger charge is 2.35. The van der Waals surface area contributed by atoms with Crippen LogP contribution in [0.5, 0.6) is 11.5 Å². The minimum atomic E-state index is -0.536. The van der Waals surface area contributed by atoms with E-state index >= 15 is 0 Å². The highest BCUT2D eigenvalue weighted by molar-refractivity contribution is 5.99. The number of benzene rings is 2. The van der Waals surface area contributed by atoms with E-state index in [2.05, 4.69) is 5.32 Å². The molecular weight excluding hydrogens is 434 g/mol. The van der Waals surface area contributed by atoms with Crippen molar-refractivity contribution in [2.75, 3.05) is 20.8 Å². The number of fused-ring (bicyclic) bond motifs is 1. The van der Waals surface area contributed by atoms with Crippen LogP contribution in [0, 0.1) is 12.8 Å². The Morgan fingerprint density at radius 1 is 1.09 bits per heavy atom. The van der Waals surface area contributed by atoms with Crippen molar-refractivity contribution in [2.24, 2.45) is 5.92 Å². The first-order valence-electron chi connectivity index (χ1n) is 11.3. The summed E-state index contributed by atoms with van der Waals surface area (Å²) < 4.78 is 21.9. The van der Waals surface area contributed by atoms with Gasteiger partial charge in [-0.15, -0.1) is 0 Å². The van der Waals surface area contributed by atoms with Crippen LogP contribution in [0.1, 0.15) is 40.9 Å². The van der Waals surface area contributed by atoms with Crippen molar-refractivity contribution in [1.29, 1.82) is 0 Å². The summed E-state index contributed by atoms with van der Waals surface area (Å²) >= 11 is 0. The largest absolute Gasteiger partial charge is 0.493 e. The van der Waals surface area contributed by atoms with Crippen LogP contribution in [-0.4, -0.2) is 38.7 Å². The maximum atomic E-state index is 13.0. The van der Waals surface area contributed by atoms with E-state index < -0.39 is 5.92 Å². The molecule has 2 aromatic carbocycles. The quantitative estimate of drug-likeness (QED) is 0.382. The standard InChI is InChI=1S/C27H29NO6/c1-5-33-27(30)24(18-11-13-22(31-3)23(15-18)32-4)17-10-12-19(14-17)28-26(29)25-16(2)20-8-6-7-9-21(20)34-25/h6-13,15,17,19,24H,5,14H2,1-4H3,(H,28,29)/t17-,19+,24+/m1/s1. The average Bonchev–Trinajstić information content (AvgIpc) is 3.43. The van der Waals surface area contributed by atoms with Crippen molar-refractivity contribution >= 4 is 22.8 Å². The molecular formula is C27H29NO6. The van der Waals surface area contributed by atoms with Gasteiger partial charge >= 0.3 is 5.97 Å². The topological polar surface area (TPSA) is 87.0 Å². The third kappa shape index (κ3) is 4.51. The Hall–Kier alpha value is -3.74. The molecule has 1 aromatic heterocycles. The molecule has 4 rings (SSSR count). The number of carbonyl (C=O) groups is 2. The molecule has 1 N–H and O–H groups in total. The molecule has 0 aliphatic heterocycles. The van der Waals surface area contributed by atoms with Crippen LogP contribution in [0.2, 0.25) is 0 Å². The van der Waals surface area contributed by atoms with Crippen LogP contribution in [-0.2, 0) is 9.53 Å². The third-order valence-corrected chi connectivity index (χ3v) is 6.22. The molecule has 0 fully saturated rings. The van der Waals surface area contributed by atoms with Crippen LogP contribution in [0.4, 0.5) is 0 Å². The number of hydrogen-bond donors (Lipinski definition) is 1. The molecule has 3 atom stereocenters. The minimum Gasteiger partial charge on any atom is -0.493 e. The number of hydrogen-bond acceptors (Lipinski definition) is 6. The molecule has 7 heteroatoms. The van der Waals surface area contributed by atoms with E-state index in [-0.39, 0.29) is 30.4 Å². The molecule has 0 radical (unpaired) electrons. The van der Waals surface area contributed by atoms with Crippen LogP contribution in [0.3, 0.4) is 0 Å². The van der Waals surface area contributed by atoms with Crippen LogP contribution >= 0.6 is 0 Å². The highest BCUT2D eigenvalue weighted by atomic mass is 16.5. The SMILES string of the molecule is CCOC(=O)[C@H](c1ccc(OC)c(OC)c1)[C@@H]1C=C[C@H](NC(=O)c2oc3ccccc3c2C)C1. The molecule has 1 amide bonds. The van der Waals surface area contributed by atoms with E-state index in [4.69, 9.17) is 18.6 Å². The molecule has 0 unspecified atom stereocenters. The van der Waals surface area contributed by atoms with Gasteiger partial charge < -0.3 is 23.9 Å². The second-order valence-corrected chi connectivity index (χ2v) is 8.26. The molecule has 1 aliphatic carbocycles. The first-order valence-corrected chi connectivity index (χ1v) is 11.3. The van der Waals surface area contributed by atoms with Gasteiger partial charge in [-0.05, 0) is 49.9 Å². The molecule has 0 spiro atoms. The summed E-state index contributed by atoms with van der Waals surface area (Å²) in [6, 6.07) is 12.8. The number of methoxy groups -OCH3 is 2. The summed E-state index contributed by atoms with van der Waals surface area (Å²) in [7, 11) is 3.12. The van der Waals surface area contributed by atoms with Crippen molar-refractivity contribution in [3.8, 4) is 11.5 Å². The second-order valence-electron chi connectivity index (χ2n) is 8.26. The van der Waals surface area contributed by atoms with Gasteiger partial charge in [0, 0.05) is 17.0 Å². The number of amides is 1. The summed E-state index contributed by atoms with van der Waals surface area (Å²) in [4.78, 5) is 25.9. The molecule has 34 heavy (non-hydrogen) atoms. The molecule has 0 saturated carbocycles. The number of allylic oxidation sites excluding steroid dienone is 1. The fraction of sp³-hybridized carbons (Fsp3) is 0.333. The van der Waals surface area contributed by atoms with Gasteiger partial charge in [0.2, 0.25) is 0 Å². The predicted molar refractivity (Wildman–Crippen MR) is 128 cm³/mol. The lowest BCUT2D eigenvalue weighted by atomic mass is 9.85. The lowest BCUT2D eigenvalue weighted by molar-refractivity contribution is -0.146. The molecule has 1 heterocycles. The van der Waals surface area contributed by atoms with Gasteiger partial charge in [-0.1, -0.05) is 36.4 Å². The first-order chi connectivity index (χ1) is 16.5. The zero-order valence-corrected chi connectivity index (χ0v) is 19.8. The predicted octanol–water partition coefficient (Wildman–Crippen LogP) is 4.78. The van der Waals surface area contributed by atoms with Gasteiger partial charge in [-0.25, -0.2) is 0 Å². The maximum absolute atomic E-state index is 13.0. The highest BCUT2D eigenvalue weighted by Crippen LogP contribution is 2.38. The molecule has 0 saturated heterocycles. The molecule has 7 nitrogen and oxygen atoms in total. The number of nitrogens with one attached hydrogen (secondary N) is 1. The number of para-hydroxylation sites is 1. The number of rotatable bonds is 8. The zero-order valence-electron chi connectivity index (χ0n) is 19.8. The molecule has 178 valence electrons. The van der Waals surface area contributed by atoms with E-state index in [1.807, 2.05) is 49.4 Å². The van der Waals surface area contributed by atoms with Crippen molar-refractivity contribution < 1.29 is 28.2 Å². The van der Waals surface area contributed by atoms with Crippen molar-refractivity contribution in [1.82, 2.24) is 5.32 Å². The molecule has 3 aromatic rings. The van der Waals surface area contributed by atoms with Crippen LogP contribution in [0.15, 0.2) is 59.0 Å². The van der Waals surface area contributed by atoms with E-state index in [0.717, 1.165) is 16.5 Å². The fourth-order valence-electron chi connectivity index (χ4n) is 4.54. The number of aryl methyl sites for hydroxylation is 1. The van der Waals surface area contributed by atoms with Gasteiger partial charge in [-0.2, -0.15) is 0 Å². The van der Waals surface area contributed by atoms with Crippen molar-refractivity contribution in [3.05, 3.63) is 71.5 Å². The zero-order chi connectivity index (χ0) is 24.2. The van der Waals surface area contributed by atoms with E-state index in [1.54, 1.807) is 33.3 Å². The molecule has 1 aliphatic rings. The Morgan fingerprint density at radius 3 is 2.56 bits per heavy atom. The maximum Gasteiger partial charge on any atom is 0.314 e. The van der Waals surface area contributed by atoms with Gasteiger partial charge in [0.25, 0.3) is 5.91 Å². The van der Waals surface area contributed by atoms with Gasteiger partial charge in [0.15, 0.2) is 17.3 Å². The number of esters is 1. The lowest BCUT2D eigenvalue weighted by Crippen LogP contribution is -2.34. The number of carbonyl (C=O) groups excluding carboxylic acids is 2. The molecule has 0 bridgehead atoms. The fourth-order valence-corrected chi connectivity index (χ4v) is 4.54. The Kier molecular flexibility index (Phi) is 6.91. The van der Waals surface area contributed by atoms with E-state index in [0.29, 0.717) is 29.3 Å². The lowest BCUT2D eigenvalue weighted by Gasteiger charge is -2.23.